The summed E-state index contributed by atoms with van der Waals surface area (Å²) in [6.07, 6.45) is 0.886. The number of hydrogen-bond donors (Lipinski definition) is 0. The molecule has 0 aliphatic heterocycles. The van der Waals surface area contributed by atoms with Gasteiger partial charge in [0.05, 0.1) is 27.9 Å². The number of benzene rings is 2. The molecule has 0 atom stereocenters. The van der Waals surface area contributed by atoms with E-state index in [0.29, 0.717) is 9.82 Å². The largest absolute Gasteiger partial charge is 0.468 e. The Hall–Kier alpha value is -2.15. The Kier molecular flexibility index (Phi) is 5.99. The van der Waals surface area contributed by atoms with Crippen LogP contribution in [-0.2, 0) is 22.5 Å². The summed E-state index contributed by atoms with van der Waals surface area (Å²) < 4.78 is 7.39. The van der Waals surface area contributed by atoms with E-state index in [2.05, 4.69) is 11.9 Å². The Morgan fingerprint density at radius 1 is 1.19 bits per heavy atom. The first-order chi connectivity index (χ1) is 12.9. The topological polar surface area (TPSA) is 60.7 Å². The maximum Gasteiger partial charge on any atom is 0.325 e. The molecule has 0 aliphatic carbocycles. The number of halogens is 2. The summed E-state index contributed by atoms with van der Waals surface area (Å²) in [7, 11) is 1.32. The lowest BCUT2D eigenvalue weighted by atomic mass is 10.2. The molecule has 27 heavy (non-hydrogen) atoms. The molecule has 0 spiro atoms. The minimum atomic E-state index is -0.502. The van der Waals surface area contributed by atoms with Gasteiger partial charge in [0, 0.05) is 5.02 Å². The van der Waals surface area contributed by atoms with Gasteiger partial charge in [-0.05, 0) is 42.3 Å². The van der Waals surface area contributed by atoms with Gasteiger partial charge in [-0.15, -0.1) is 0 Å². The van der Waals surface area contributed by atoms with Gasteiger partial charge in [0.2, 0.25) is 0 Å². The molecule has 1 amide bonds. The van der Waals surface area contributed by atoms with Gasteiger partial charge in [-0.3, -0.25) is 9.59 Å². The molecule has 0 saturated carbocycles. The van der Waals surface area contributed by atoms with Crippen LogP contribution in [0.5, 0.6) is 0 Å². The number of fused-ring (bicyclic) bond motifs is 1. The van der Waals surface area contributed by atoms with E-state index in [0.717, 1.165) is 22.2 Å². The fourth-order valence-corrected chi connectivity index (χ4v) is 4.16. The quantitative estimate of drug-likeness (QED) is 0.581. The number of thiazole rings is 1. The Morgan fingerprint density at radius 2 is 1.96 bits per heavy atom. The zero-order valence-corrected chi connectivity index (χ0v) is 17.0. The van der Waals surface area contributed by atoms with E-state index in [1.54, 1.807) is 10.6 Å². The lowest BCUT2D eigenvalue weighted by Gasteiger charge is -2.04. The molecule has 0 fully saturated rings. The number of amides is 1. The van der Waals surface area contributed by atoms with Crippen LogP contribution in [0.2, 0.25) is 10.0 Å². The fraction of sp³-hybridized carbons (Fsp3) is 0.211. The van der Waals surface area contributed by atoms with E-state index in [4.69, 9.17) is 27.9 Å². The van der Waals surface area contributed by atoms with Crippen molar-refractivity contribution >= 4 is 56.6 Å². The van der Waals surface area contributed by atoms with E-state index in [1.807, 2.05) is 18.2 Å². The van der Waals surface area contributed by atoms with Gasteiger partial charge in [0.25, 0.3) is 5.91 Å². The molecule has 0 unspecified atom stereocenters. The molecule has 1 aromatic heterocycles. The first-order valence-electron chi connectivity index (χ1n) is 8.16. The second-order valence-electron chi connectivity index (χ2n) is 5.74. The van der Waals surface area contributed by atoms with Crippen molar-refractivity contribution in [2.24, 2.45) is 4.99 Å². The van der Waals surface area contributed by atoms with Gasteiger partial charge in [-0.25, -0.2) is 0 Å². The van der Waals surface area contributed by atoms with Gasteiger partial charge in [-0.1, -0.05) is 47.5 Å². The minimum absolute atomic E-state index is 0.0393. The van der Waals surface area contributed by atoms with Crippen molar-refractivity contribution in [3.8, 4) is 0 Å². The Bertz CT molecular complexity index is 1100. The summed E-state index contributed by atoms with van der Waals surface area (Å²) in [5, 5.41) is 0.663. The molecule has 0 radical (unpaired) electrons. The molecule has 140 valence electrons. The molecular weight excluding hydrogens is 407 g/mol. The second kappa shape index (κ2) is 8.25. The number of hydrogen-bond acceptors (Lipinski definition) is 4. The summed E-state index contributed by atoms with van der Waals surface area (Å²) in [5.74, 6) is -0.926. The van der Waals surface area contributed by atoms with Crippen LogP contribution in [-0.4, -0.2) is 23.6 Å². The lowest BCUT2D eigenvalue weighted by molar-refractivity contribution is -0.141. The van der Waals surface area contributed by atoms with Crippen LogP contribution >= 0.6 is 34.5 Å². The number of nitrogens with zero attached hydrogens (tertiary/aromatic N) is 2. The number of carbonyl (C=O) groups excluding carboxylic acids is 2. The number of aryl methyl sites for hydroxylation is 1. The summed E-state index contributed by atoms with van der Waals surface area (Å²) in [4.78, 5) is 29.1. The van der Waals surface area contributed by atoms with Gasteiger partial charge in [0.15, 0.2) is 4.80 Å². The number of methoxy groups -OCH3 is 1. The maximum atomic E-state index is 12.6. The smallest absolute Gasteiger partial charge is 0.325 e. The number of ether oxygens (including phenoxy) is 1. The van der Waals surface area contributed by atoms with Gasteiger partial charge >= 0.3 is 5.97 Å². The summed E-state index contributed by atoms with van der Waals surface area (Å²) in [6.45, 7) is 2.02. The minimum Gasteiger partial charge on any atom is -0.468 e. The molecule has 8 heteroatoms. The molecule has 1 heterocycles. The molecule has 3 rings (SSSR count). The highest BCUT2D eigenvalue weighted by Crippen LogP contribution is 2.23. The van der Waals surface area contributed by atoms with E-state index >= 15 is 0 Å². The first-order valence-corrected chi connectivity index (χ1v) is 9.73. The van der Waals surface area contributed by atoms with E-state index in [9.17, 15) is 9.59 Å². The Balaban J connectivity index is 2.15. The predicted octanol–water partition coefficient (Wildman–Crippen LogP) is 4.49. The molecule has 5 nitrogen and oxygen atoms in total. The van der Waals surface area contributed by atoms with Crippen LogP contribution in [0.1, 0.15) is 22.8 Å². The van der Waals surface area contributed by atoms with Gasteiger partial charge < -0.3 is 9.30 Å². The van der Waals surface area contributed by atoms with Crippen molar-refractivity contribution in [2.45, 2.75) is 19.9 Å². The van der Waals surface area contributed by atoms with Crippen LogP contribution in [0.4, 0.5) is 0 Å². The molecule has 0 saturated heterocycles. The van der Waals surface area contributed by atoms with E-state index in [1.165, 1.54) is 30.6 Å². The Labute approximate surface area is 169 Å². The van der Waals surface area contributed by atoms with Crippen molar-refractivity contribution in [3.63, 3.8) is 0 Å². The number of carbonyl (C=O) groups is 2. The van der Waals surface area contributed by atoms with Crippen LogP contribution in [0, 0.1) is 0 Å². The highest BCUT2D eigenvalue weighted by molar-refractivity contribution is 7.16. The second-order valence-corrected chi connectivity index (χ2v) is 7.60. The van der Waals surface area contributed by atoms with Crippen LogP contribution < -0.4 is 4.80 Å². The van der Waals surface area contributed by atoms with Crippen LogP contribution in [0.3, 0.4) is 0 Å². The zero-order chi connectivity index (χ0) is 19.6. The highest BCUT2D eigenvalue weighted by Gasteiger charge is 2.14. The van der Waals surface area contributed by atoms with Crippen molar-refractivity contribution in [3.05, 3.63) is 62.4 Å². The van der Waals surface area contributed by atoms with Crippen molar-refractivity contribution < 1.29 is 14.3 Å². The fourth-order valence-electron chi connectivity index (χ4n) is 2.58. The molecule has 0 aliphatic rings. The average Bonchev–Trinajstić information content (AvgIpc) is 2.97. The number of esters is 1. The van der Waals surface area contributed by atoms with E-state index < -0.39 is 11.9 Å². The maximum absolute atomic E-state index is 12.6. The summed E-state index contributed by atoms with van der Waals surface area (Å²) in [5.41, 5.74) is 2.22. The van der Waals surface area contributed by atoms with Crippen molar-refractivity contribution in [2.75, 3.05) is 7.11 Å². The monoisotopic (exact) mass is 422 g/mol. The predicted molar refractivity (Wildman–Crippen MR) is 108 cm³/mol. The molecule has 0 bridgehead atoms. The SMILES string of the molecule is CCc1ccc2c(c1)sc(=NC(=O)c1ccc(Cl)cc1Cl)n2CC(=O)OC. The number of aromatic nitrogens is 1. The zero-order valence-electron chi connectivity index (χ0n) is 14.7. The van der Waals surface area contributed by atoms with Crippen LogP contribution in [0.25, 0.3) is 10.2 Å². The van der Waals surface area contributed by atoms with Crippen molar-refractivity contribution in [1.82, 2.24) is 4.57 Å². The summed E-state index contributed by atoms with van der Waals surface area (Å²) >= 11 is 13.3. The molecule has 2 aromatic carbocycles. The summed E-state index contributed by atoms with van der Waals surface area (Å²) in [6, 6.07) is 10.6. The highest BCUT2D eigenvalue weighted by atomic mass is 35.5. The third-order valence-corrected chi connectivity index (χ3v) is 5.62. The third kappa shape index (κ3) is 4.24. The molecule has 0 N–H and O–H groups in total. The lowest BCUT2D eigenvalue weighted by Crippen LogP contribution is -2.22. The third-order valence-electron chi connectivity index (χ3n) is 4.03. The normalized spacial score (nSPS) is 11.8. The Morgan fingerprint density at radius 3 is 2.63 bits per heavy atom. The van der Waals surface area contributed by atoms with Gasteiger partial charge in [-0.2, -0.15) is 4.99 Å². The van der Waals surface area contributed by atoms with Gasteiger partial charge in [0.1, 0.15) is 6.54 Å². The van der Waals surface area contributed by atoms with E-state index in [-0.39, 0.29) is 17.1 Å². The first kappa shape index (κ1) is 19.6. The standard InChI is InChI=1S/C19H16Cl2N2O3S/c1-3-11-4-7-15-16(8-11)27-19(23(15)10-17(24)26-2)22-18(25)13-6-5-12(20)9-14(13)21/h4-9H,3,10H2,1-2H3. The number of rotatable bonds is 4. The molecular formula is C19H16Cl2N2O3S. The molecule has 3 aromatic rings. The average molecular weight is 423 g/mol. The van der Waals surface area contributed by atoms with Crippen LogP contribution in [0.15, 0.2) is 41.4 Å². The van der Waals surface area contributed by atoms with Crippen molar-refractivity contribution in [1.29, 1.82) is 0 Å².